The number of rotatable bonds is 9. The lowest BCUT2D eigenvalue weighted by atomic mass is 9.85. The molecule has 5 heterocycles. The van der Waals surface area contributed by atoms with E-state index in [2.05, 4.69) is 250 Å². The van der Waals surface area contributed by atoms with Crippen molar-refractivity contribution in [2.24, 2.45) is 0 Å². The molecule has 9 aromatic carbocycles. The number of aromatic amines is 1. The van der Waals surface area contributed by atoms with Crippen molar-refractivity contribution in [2.45, 2.75) is 293 Å². The minimum atomic E-state index is -2.74. The Bertz CT molecular complexity index is 4970. The van der Waals surface area contributed by atoms with Crippen molar-refractivity contribution >= 4 is 28.7 Å². The van der Waals surface area contributed by atoms with Crippen LogP contribution in [-0.2, 0) is 64.1 Å². The van der Waals surface area contributed by atoms with Crippen LogP contribution in [0.25, 0.3) is 5.69 Å². The number of nitrogens with zero attached hydrogens (tertiary/aromatic N) is 5. The molecule has 0 aliphatic carbocycles. The van der Waals surface area contributed by atoms with Crippen LogP contribution in [0.15, 0.2) is 211 Å². The second-order valence-electron chi connectivity index (χ2n) is 43.7. The smallest absolute Gasteiger partial charge is 0.347 e. The van der Waals surface area contributed by atoms with Crippen LogP contribution in [0.1, 0.15) is 293 Å². The number of alkyl halides is 4. The Morgan fingerprint density at radius 3 is 1.10 bits per heavy atom. The van der Waals surface area contributed by atoms with Gasteiger partial charge >= 0.3 is 5.69 Å². The highest BCUT2D eigenvalue weighted by Gasteiger charge is 2.29. The number of anilines is 3. The predicted molar refractivity (Wildman–Crippen MR) is 536 cm³/mol. The molecule has 4 saturated heterocycles. The third-order valence-electron chi connectivity index (χ3n) is 23.2. The van der Waals surface area contributed by atoms with E-state index in [4.69, 9.17) is 30.9 Å². The van der Waals surface area contributed by atoms with Crippen LogP contribution < -0.4 is 25.1 Å². The molecule has 131 heavy (non-hydrogen) atoms. The molecule has 1 aromatic heterocycles. The number of hydrogen-bond donors (Lipinski definition) is 2. The molecule has 2 N–H and O–H groups in total. The number of benzene rings is 9. The predicted octanol–water partition coefficient (Wildman–Crippen LogP) is 29.8. The van der Waals surface area contributed by atoms with Crippen LogP contribution in [0.3, 0.4) is 0 Å². The minimum Gasteiger partial charge on any atom is -0.508 e. The number of hydrogen-bond acceptors (Lipinski definition) is 9. The van der Waals surface area contributed by atoms with Gasteiger partial charge in [0.1, 0.15) is 30.3 Å². The molecule has 0 radical (unpaired) electrons. The van der Waals surface area contributed by atoms with Crippen molar-refractivity contribution in [1.29, 1.82) is 0 Å². The average Bonchev–Trinajstić information content (AvgIpc) is 1.73. The number of phenolic OH excluding ortho intramolecular Hbond substituents is 1. The van der Waals surface area contributed by atoms with Crippen molar-refractivity contribution in [1.82, 2.24) is 14.8 Å². The van der Waals surface area contributed by atoms with Gasteiger partial charge in [0.25, 0.3) is 12.3 Å². The molecule has 718 valence electrons. The molecule has 11 nitrogen and oxygen atoms in total. The monoisotopic (exact) mass is 1830 g/mol. The highest BCUT2D eigenvalue weighted by molar-refractivity contribution is 6.30. The second kappa shape index (κ2) is 48.0. The third-order valence-corrected chi connectivity index (χ3v) is 23.4. The first-order valence-corrected chi connectivity index (χ1v) is 46.7. The number of nitrogens with one attached hydrogen (secondary N) is 1. The molecule has 0 bridgehead atoms. The van der Waals surface area contributed by atoms with Crippen LogP contribution in [-0.4, -0.2) is 98.6 Å². The third kappa shape index (κ3) is 36.9. The molecule has 0 amide bonds. The number of piperidine rings is 1. The topological polar surface area (TPSA) is 108 Å². The number of H-pyrrole nitrogens is 1. The van der Waals surface area contributed by atoms with Gasteiger partial charge in [-0.2, -0.15) is 5.10 Å². The van der Waals surface area contributed by atoms with Gasteiger partial charge in [0.2, 0.25) is 0 Å². The fourth-order valence-electron chi connectivity index (χ4n) is 14.4. The zero-order valence-electron chi connectivity index (χ0n) is 83.9. The quantitative estimate of drug-likeness (QED) is 0.137. The summed E-state index contributed by atoms with van der Waals surface area (Å²) >= 11 is 5.76. The standard InChI is InChI=1S/C15H21F2N.C14H21NO.C14H21N.C13H18O.C12H15F3O.C12H16F2.C12H15N3O.C10H13Cl.C10H14O/c1-15(2,3)11-7-8-12(14(17)13(11)16)18-9-5-4-6-10-18;1-14(2,3)12-4-6-13(7-5-12)15-8-10-16-11-9-15;1-14(2,3)12-6-8-13(9-7-12)15-10-4-5-11-15;1-13(2,3)12-6-4-10(5-7-12)11-8-14-9-11;1-12(2,3)9-5-4-8(6-10(9)13)16-7-11(14)15;1-11(2,3)9-5-7-10(8-6-9)12(4,13)14;1-12(2,3)9-4-6-10(7-5-9)15-8-13-14-11(15)16;2*1-10(2,3)8-4-6-9(11)7-5-8/h7-8H,4-6,9-10H2,1-3H3;4-7H,8-11H2,1-3H3;6-9H,4-5,10-11H2,1-3H3;4-7,11H,8-9H2,1-3H3;4-6,11H,7H2,1-3H3;5-8H,1-4H3;4-8H,1-3H3,(H,14,16);4-7H,1-3H3;4-7,11H,1-3H3. The van der Waals surface area contributed by atoms with Gasteiger partial charge in [-0.25, -0.2) is 45.2 Å². The van der Waals surface area contributed by atoms with E-state index in [1.165, 1.54) is 112 Å². The highest BCUT2D eigenvalue weighted by atomic mass is 35.5. The molecular weight excluding hydrogens is 1680 g/mol. The highest BCUT2D eigenvalue weighted by Crippen LogP contribution is 2.37. The summed E-state index contributed by atoms with van der Waals surface area (Å²) in [4.78, 5) is 18.2. The number of phenols is 1. The van der Waals surface area contributed by atoms with Gasteiger partial charge in [-0.05, 0) is 209 Å². The lowest BCUT2D eigenvalue weighted by Gasteiger charge is -2.30. The first-order chi connectivity index (χ1) is 60.6. The van der Waals surface area contributed by atoms with Crippen molar-refractivity contribution in [3.05, 3.63) is 301 Å². The maximum absolute atomic E-state index is 14.2. The minimum absolute atomic E-state index is 0.0154. The van der Waals surface area contributed by atoms with E-state index in [0.717, 1.165) is 94.7 Å². The summed E-state index contributed by atoms with van der Waals surface area (Å²) in [5, 5.41) is 15.9. The molecule has 4 aliphatic rings. The van der Waals surface area contributed by atoms with E-state index in [-0.39, 0.29) is 65.7 Å². The van der Waals surface area contributed by atoms with E-state index in [9.17, 15) is 35.5 Å². The van der Waals surface area contributed by atoms with E-state index in [0.29, 0.717) is 28.5 Å². The van der Waals surface area contributed by atoms with Crippen LogP contribution in [0.5, 0.6) is 11.5 Å². The lowest BCUT2D eigenvalue weighted by molar-refractivity contribution is 0.00841. The molecular formula is C112H154ClF7N6O5. The summed E-state index contributed by atoms with van der Waals surface area (Å²) in [5.41, 5.74) is 15.9. The van der Waals surface area contributed by atoms with Crippen LogP contribution in [0, 0.1) is 17.5 Å². The van der Waals surface area contributed by atoms with Gasteiger partial charge in [-0.3, -0.25) is 0 Å². The molecule has 0 spiro atoms. The van der Waals surface area contributed by atoms with E-state index in [1.807, 2.05) is 95.0 Å². The molecule has 10 aromatic rings. The maximum Gasteiger partial charge on any atom is 0.347 e. The van der Waals surface area contributed by atoms with Gasteiger partial charge in [0, 0.05) is 80.1 Å². The fourth-order valence-corrected chi connectivity index (χ4v) is 14.5. The van der Waals surface area contributed by atoms with Crippen LogP contribution in [0.4, 0.5) is 47.8 Å². The SMILES string of the molecule is CC(C)(C)c1ccc(-n2cn[nH]c2=O)cc1.CC(C)(C)c1ccc(C(C)(F)F)cc1.CC(C)(C)c1ccc(C2COC2)cc1.CC(C)(C)c1ccc(Cl)cc1.CC(C)(C)c1ccc(N2CCCC2)cc1.CC(C)(C)c1ccc(N2CCCCC2)c(F)c1F.CC(C)(C)c1ccc(N2CCOCC2)cc1.CC(C)(C)c1ccc(O)cc1.CC(C)(C)c1ccc(OCC(F)F)cc1F. The summed E-state index contributed by atoms with van der Waals surface area (Å²) in [6.07, 6.45) is 4.92. The van der Waals surface area contributed by atoms with Gasteiger partial charge in [-0.1, -0.05) is 320 Å². The van der Waals surface area contributed by atoms with E-state index in [1.54, 1.807) is 42.5 Å². The average molecular weight is 1830 g/mol. The second-order valence-corrected chi connectivity index (χ2v) is 44.2. The molecule has 14 rings (SSSR count). The number of aromatic nitrogens is 3. The van der Waals surface area contributed by atoms with Crippen molar-refractivity contribution in [3.8, 4) is 17.2 Å². The number of aromatic hydroxyl groups is 1. The van der Waals surface area contributed by atoms with Crippen molar-refractivity contribution in [3.63, 3.8) is 0 Å². The van der Waals surface area contributed by atoms with Crippen molar-refractivity contribution < 1.29 is 50.1 Å². The summed E-state index contributed by atoms with van der Waals surface area (Å²) in [6.45, 7) is 67.1. The largest absolute Gasteiger partial charge is 0.508 e. The molecule has 0 unspecified atom stereocenters. The van der Waals surface area contributed by atoms with Crippen LogP contribution >= 0.6 is 11.6 Å². The molecule has 0 saturated carbocycles. The van der Waals surface area contributed by atoms with E-state index >= 15 is 0 Å². The maximum atomic E-state index is 14.2. The zero-order chi connectivity index (χ0) is 98.1. The number of morpholine rings is 1. The molecule has 0 atom stereocenters. The van der Waals surface area contributed by atoms with Gasteiger partial charge in [-0.15, -0.1) is 0 Å². The van der Waals surface area contributed by atoms with Crippen molar-refractivity contribution in [2.75, 3.05) is 87.0 Å². The summed E-state index contributed by atoms with van der Waals surface area (Å²) in [7, 11) is 0. The first kappa shape index (κ1) is 110. The Hall–Kier alpha value is -9.36. The fraction of sp³-hybridized carbons (Fsp3) is 0.500. The van der Waals surface area contributed by atoms with Crippen LogP contribution in [0.2, 0.25) is 5.02 Å². The lowest BCUT2D eigenvalue weighted by Crippen LogP contribution is -2.36. The van der Waals surface area contributed by atoms with E-state index < -0.39 is 36.4 Å². The Kier molecular flexibility index (Phi) is 40.5. The molecule has 4 aliphatic heterocycles. The Morgan fingerprint density at radius 1 is 0.405 bits per heavy atom. The normalized spacial score (nSPS) is 14.6. The summed E-state index contributed by atoms with van der Waals surface area (Å²) in [6, 6.07) is 64.5. The zero-order valence-corrected chi connectivity index (χ0v) is 84.7. The first-order valence-electron chi connectivity index (χ1n) is 46.3. The Labute approximate surface area is 786 Å². The summed E-state index contributed by atoms with van der Waals surface area (Å²) < 4.78 is 108. The molecule has 19 heteroatoms. The Morgan fingerprint density at radius 2 is 0.748 bits per heavy atom. The molecule has 4 fully saturated rings. The number of halogens is 8. The van der Waals surface area contributed by atoms with Gasteiger partial charge < -0.3 is 34.0 Å². The number of ether oxygens (including phenoxy) is 3. The Balaban J connectivity index is 0.000000228. The summed E-state index contributed by atoms with van der Waals surface area (Å²) in [5.74, 6) is -3.45. The van der Waals surface area contributed by atoms with Gasteiger partial charge in [0.05, 0.1) is 37.8 Å². The van der Waals surface area contributed by atoms with Gasteiger partial charge in [0.15, 0.2) is 11.6 Å².